The molecule has 0 aliphatic carbocycles. The number of nitrogen functional groups attached to an aromatic ring is 1. The van der Waals surface area contributed by atoms with Gasteiger partial charge in [0.05, 0.1) is 12.9 Å². The smallest absolute Gasteiger partial charge is 0.259 e. The number of piperidine rings is 1. The zero-order valence-corrected chi connectivity index (χ0v) is 18.1. The van der Waals surface area contributed by atoms with Crippen molar-refractivity contribution in [2.24, 2.45) is 5.92 Å². The number of piperazine rings is 1. The van der Waals surface area contributed by atoms with Crippen molar-refractivity contribution < 1.29 is 9.15 Å². The number of hydrogen-bond acceptors (Lipinski definition) is 10. The Kier molecular flexibility index (Phi) is 5.02. The van der Waals surface area contributed by atoms with Crippen LogP contribution in [0.2, 0.25) is 0 Å². The average Bonchev–Trinajstić information content (AvgIpc) is 3.53. The summed E-state index contributed by atoms with van der Waals surface area (Å²) in [5, 5.41) is 4.37. The van der Waals surface area contributed by atoms with Gasteiger partial charge >= 0.3 is 0 Å². The molecular formula is C22H25N9O2. The van der Waals surface area contributed by atoms with E-state index in [0.29, 0.717) is 35.3 Å². The van der Waals surface area contributed by atoms with E-state index in [1.165, 1.54) is 4.52 Å². The summed E-state index contributed by atoms with van der Waals surface area (Å²) in [7, 11) is 0. The summed E-state index contributed by atoms with van der Waals surface area (Å²) in [6.07, 6.45) is 7.36. The van der Waals surface area contributed by atoms with E-state index in [2.05, 4.69) is 34.8 Å². The van der Waals surface area contributed by atoms with Gasteiger partial charge in [0.1, 0.15) is 5.75 Å². The van der Waals surface area contributed by atoms with Crippen LogP contribution in [0.25, 0.3) is 17.4 Å². The second kappa shape index (κ2) is 8.32. The van der Waals surface area contributed by atoms with Gasteiger partial charge in [-0.15, -0.1) is 5.10 Å². The number of nitrogens with two attached hydrogens (primary N) is 1. The number of nitrogens with zero attached hydrogens (tertiary/aromatic N) is 8. The van der Waals surface area contributed by atoms with Crippen LogP contribution in [0.15, 0.2) is 47.3 Å². The zero-order valence-electron chi connectivity index (χ0n) is 18.1. The quantitative estimate of drug-likeness (QED) is 0.484. The molecule has 4 aromatic heterocycles. The fourth-order valence-electron chi connectivity index (χ4n) is 4.67. The minimum Gasteiger partial charge on any atom is -0.493 e. The van der Waals surface area contributed by atoms with Gasteiger partial charge < -0.3 is 19.8 Å². The molecule has 11 nitrogen and oxygen atoms in total. The number of pyridine rings is 1. The van der Waals surface area contributed by atoms with Crippen molar-refractivity contribution in [3.63, 3.8) is 0 Å². The van der Waals surface area contributed by atoms with Crippen LogP contribution in [0.1, 0.15) is 12.8 Å². The largest absolute Gasteiger partial charge is 0.493 e. The van der Waals surface area contributed by atoms with E-state index < -0.39 is 0 Å². The highest BCUT2D eigenvalue weighted by Gasteiger charge is 2.34. The minimum absolute atomic E-state index is 0.264. The van der Waals surface area contributed by atoms with E-state index in [9.17, 15) is 0 Å². The molecule has 6 rings (SSSR count). The lowest BCUT2D eigenvalue weighted by Crippen LogP contribution is -2.57. The molecule has 2 aliphatic heterocycles. The van der Waals surface area contributed by atoms with Crippen LogP contribution in [0.4, 0.5) is 11.9 Å². The van der Waals surface area contributed by atoms with Crippen LogP contribution in [-0.4, -0.2) is 73.3 Å². The highest BCUT2D eigenvalue weighted by atomic mass is 16.5. The van der Waals surface area contributed by atoms with E-state index in [1.54, 1.807) is 30.8 Å². The van der Waals surface area contributed by atoms with Crippen molar-refractivity contribution in [2.75, 3.05) is 43.4 Å². The molecule has 0 aromatic carbocycles. The number of anilines is 2. The van der Waals surface area contributed by atoms with Crippen molar-refractivity contribution in [3.8, 4) is 17.3 Å². The highest BCUT2D eigenvalue weighted by molar-refractivity contribution is 5.53. The maximum absolute atomic E-state index is 6.19. The number of fused-ring (bicyclic) bond motifs is 2. The number of furan rings is 1. The molecule has 2 aliphatic rings. The average molecular weight is 448 g/mol. The lowest BCUT2D eigenvalue weighted by molar-refractivity contribution is 0.0725. The SMILES string of the molecule is Nc1nc(N2CCN3CC(COc4ccncc4)CCC3C2)nc2nc(-c3ccco3)nn12. The summed E-state index contributed by atoms with van der Waals surface area (Å²) < 4.78 is 12.8. The number of ether oxygens (including phenoxy) is 1. The van der Waals surface area contributed by atoms with E-state index in [0.717, 1.165) is 51.4 Å². The molecule has 0 saturated carbocycles. The van der Waals surface area contributed by atoms with Gasteiger partial charge in [-0.05, 0) is 37.1 Å². The molecular weight excluding hydrogens is 422 g/mol. The summed E-state index contributed by atoms with van der Waals surface area (Å²) in [6, 6.07) is 7.87. The third-order valence-corrected chi connectivity index (χ3v) is 6.39. The Morgan fingerprint density at radius 1 is 1.06 bits per heavy atom. The normalized spacial score (nSPS) is 21.3. The molecule has 4 aromatic rings. The predicted octanol–water partition coefficient (Wildman–Crippen LogP) is 1.74. The summed E-state index contributed by atoms with van der Waals surface area (Å²) in [6.45, 7) is 4.44. The van der Waals surface area contributed by atoms with Gasteiger partial charge in [0.25, 0.3) is 5.78 Å². The van der Waals surface area contributed by atoms with Gasteiger partial charge in [-0.3, -0.25) is 9.88 Å². The monoisotopic (exact) mass is 447 g/mol. The Balaban J connectivity index is 1.12. The van der Waals surface area contributed by atoms with Crippen molar-refractivity contribution >= 4 is 17.7 Å². The highest BCUT2D eigenvalue weighted by Crippen LogP contribution is 2.28. The zero-order chi connectivity index (χ0) is 22.2. The first kappa shape index (κ1) is 19.9. The van der Waals surface area contributed by atoms with E-state index in [-0.39, 0.29) is 5.95 Å². The first-order valence-corrected chi connectivity index (χ1v) is 11.2. The Hall–Kier alpha value is -3.73. The Morgan fingerprint density at radius 2 is 1.97 bits per heavy atom. The molecule has 0 bridgehead atoms. The lowest BCUT2D eigenvalue weighted by Gasteiger charge is -2.46. The van der Waals surface area contributed by atoms with Crippen LogP contribution >= 0.6 is 0 Å². The number of rotatable bonds is 5. The standard InChI is InChI=1S/C22H25N9O2/c23-20-26-21(27-22-25-19(28-31(20)22)18-2-1-11-32-18)30-10-9-29-12-15(3-4-16(29)13-30)14-33-17-5-7-24-8-6-17/h1-2,5-8,11,15-16H,3-4,9-10,12-14H2,(H2,23,25,26,27,28). The molecule has 33 heavy (non-hydrogen) atoms. The summed E-state index contributed by atoms with van der Waals surface area (Å²) in [5.41, 5.74) is 6.19. The van der Waals surface area contributed by atoms with Gasteiger partial charge in [0, 0.05) is 50.5 Å². The molecule has 170 valence electrons. The first-order chi connectivity index (χ1) is 16.2. The number of aromatic nitrogens is 6. The third-order valence-electron chi connectivity index (χ3n) is 6.39. The van der Waals surface area contributed by atoms with Crippen LogP contribution in [-0.2, 0) is 0 Å². The predicted molar refractivity (Wildman–Crippen MR) is 121 cm³/mol. The maximum Gasteiger partial charge on any atom is 0.259 e. The molecule has 6 heterocycles. The van der Waals surface area contributed by atoms with Gasteiger partial charge in [0.2, 0.25) is 17.7 Å². The maximum atomic E-state index is 6.19. The molecule has 0 radical (unpaired) electrons. The van der Waals surface area contributed by atoms with Crippen LogP contribution in [0.5, 0.6) is 5.75 Å². The minimum atomic E-state index is 0.264. The molecule has 2 fully saturated rings. The van der Waals surface area contributed by atoms with E-state index in [1.807, 2.05) is 12.1 Å². The lowest BCUT2D eigenvalue weighted by atomic mass is 9.91. The van der Waals surface area contributed by atoms with E-state index in [4.69, 9.17) is 14.9 Å². The Labute approximate surface area is 190 Å². The van der Waals surface area contributed by atoms with Crippen LogP contribution in [0, 0.1) is 5.92 Å². The second-order valence-corrected chi connectivity index (χ2v) is 8.54. The van der Waals surface area contributed by atoms with Crippen LogP contribution in [0.3, 0.4) is 0 Å². The molecule has 2 saturated heterocycles. The molecule has 0 spiro atoms. The van der Waals surface area contributed by atoms with Gasteiger partial charge in [-0.25, -0.2) is 0 Å². The molecule has 2 N–H and O–H groups in total. The van der Waals surface area contributed by atoms with Crippen molar-refractivity contribution in [3.05, 3.63) is 42.9 Å². The Bertz CT molecular complexity index is 1230. The second-order valence-electron chi connectivity index (χ2n) is 8.54. The summed E-state index contributed by atoms with van der Waals surface area (Å²) >= 11 is 0. The topological polar surface area (TPSA) is 124 Å². The van der Waals surface area contributed by atoms with Gasteiger partial charge in [-0.1, -0.05) is 0 Å². The van der Waals surface area contributed by atoms with Crippen molar-refractivity contribution in [2.45, 2.75) is 18.9 Å². The Morgan fingerprint density at radius 3 is 2.82 bits per heavy atom. The fraction of sp³-hybridized carbons (Fsp3) is 0.409. The first-order valence-electron chi connectivity index (χ1n) is 11.2. The molecule has 11 heteroatoms. The summed E-state index contributed by atoms with van der Waals surface area (Å²) in [5.74, 6) is 3.70. The van der Waals surface area contributed by atoms with Crippen molar-refractivity contribution in [1.29, 1.82) is 0 Å². The third kappa shape index (κ3) is 3.95. The van der Waals surface area contributed by atoms with Crippen molar-refractivity contribution in [1.82, 2.24) is 34.4 Å². The van der Waals surface area contributed by atoms with Gasteiger partial charge in [0.15, 0.2) is 5.76 Å². The fourth-order valence-corrected chi connectivity index (χ4v) is 4.67. The van der Waals surface area contributed by atoms with Gasteiger partial charge in [-0.2, -0.15) is 19.5 Å². The molecule has 2 atom stereocenters. The number of hydrogen-bond donors (Lipinski definition) is 1. The molecule has 2 unspecified atom stereocenters. The van der Waals surface area contributed by atoms with E-state index >= 15 is 0 Å². The van der Waals surface area contributed by atoms with Crippen LogP contribution < -0.4 is 15.4 Å². The molecule has 0 amide bonds. The summed E-state index contributed by atoms with van der Waals surface area (Å²) in [4.78, 5) is 22.4.